The molecule has 1 atom stereocenters. The van der Waals surface area contributed by atoms with Gasteiger partial charge in [-0.25, -0.2) is 0 Å². The molecule has 2 heterocycles. The van der Waals surface area contributed by atoms with Crippen molar-refractivity contribution >= 4 is 23.2 Å². The number of rotatable bonds is 7. The Bertz CT molecular complexity index is 726. The smallest absolute Gasteiger partial charge is 0.309 e. The zero-order valence-electron chi connectivity index (χ0n) is 16.2. The maximum atomic E-state index is 12.3. The van der Waals surface area contributed by atoms with E-state index in [0.29, 0.717) is 19.5 Å². The first-order chi connectivity index (χ1) is 13.7. The Balaban J connectivity index is 1.49. The van der Waals surface area contributed by atoms with Gasteiger partial charge >= 0.3 is 11.8 Å². The van der Waals surface area contributed by atoms with Crippen molar-refractivity contribution in [2.75, 3.05) is 26.2 Å². The van der Waals surface area contributed by atoms with Gasteiger partial charge in [-0.15, -0.1) is 0 Å². The van der Waals surface area contributed by atoms with E-state index in [0.717, 1.165) is 18.7 Å². The predicted octanol–water partition coefficient (Wildman–Crippen LogP) is 3.14. The highest BCUT2D eigenvalue weighted by atomic mass is 32.1. The molecular formula is C22H29N3O2S. The first-order valence-electron chi connectivity index (χ1n) is 10.1. The van der Waals surface area contributed by atoms with E-state index in [1.54, 1.807) is 11.3 Å². The van der Waals surface area contributed by atoms with Gasteiger partial charge in [-0.3, -0.25) is 14.5 Å². The summed E-state index contributed by atoms with van der Waals surface area (Å²) in [5, 5.41) is 9.77. The molecule has 1 aromatic carbocycles. The molecule has 0 unspecified atom stereocenters. The summed E-state index contributed by atoms with van der Waals surface area (Å²) in [4.78, 5) is 26.8. The molecule has 0 spiro atoms. The Morgan fingerprint density at radius 3 is 2.36 bits per heavy atom. The fourth-order valence-electron chi connectivity index (χ4n) is 3.64. The summed E-state index contributed by atoms with van der Waals surface area (Å²) in [5.74, 6) is -1.11. The van der Waals surface area contributed by atoms with Gasteiger partial charge in [0.1, 0.15) is 0 Å². The van der Waals surface area contributed by atoms with Crippen LogP contribution in [-0.2, 0) is 16.0 Å². The maximum absolute atomic E-state index is 12.3. The van der Waals surface area contributed by atoms with Crippen molar-refractivity contribution in [3.63, 3.8) is 0 Å². The Hall–Kier alpha value is -2.18. The van der Waals surface area contributed by atoms with E-state index in [4.69, 9.17) is 0 Å². The van der Waals surface area contributed by atoms with Gasteiger partial charge in [0.05, 0.1) is 6.04 Å². The summed E-state index contributed by atoms with van der Waals surface area (Å²) in [7, 11) is 0. The Kier molecular flexibility index (Phi) is 8.06. The topological polar surface area (TPSA) is 61.4 Å². The zero-order valence-corrected chi connectivity index (χ0v) is 17.0. The molecule has 150 valence electrons. The zero-order chi connectivity index (χ0) is 19.6. The summed E-state index contributed by atoms with van der Waals surface area (Å²) >= 11 is 1.67. The number of nitrogens with zero attached hydrogens (tertiary/aromatic N) is 1. The van der Waals surface area contributed by atoms with Gasteiger partial charge in [0.15, 0.2) is 0 Å². The third-order valence-corrected chi connectivity index (χ3v) is 5.92. The van der Waals surface area contributed by atoms with Crippen LogP contribution in [0.25, 0.3) is 0 Å². The van der Waals surface area contributed by atoms with Gasteiger partial charge in [0, 0.05) is 13.1 Å². The molecule has 5 nitrogen and oxygen atoms in total. The molecular weight excluding hydrogens is 370 g/mol. The monoisotopic (exact) mass is 399 g/mol. The number of benzene rings is 1. The Morgan fingerprint density at radius 1 is 0.964 bits per heavy atom. The number of carbonyl (C=O) groups excluding carboxylic acids is 2. The first kappa shape index (κ1) is 20.6. The second kappa shape index (κ2) is 11.0. The summed E-state index contributed by atoms with van der Waals surface area (Å²) in [6, 6.07) is 12.2. The molecule has 2 aromatic rings. The van der Waals surface area contributed by atoms with Crippen LogP contribution >= 0.6 is 11.3 Å². The van der Waals surface area contributed by atoms with Crippen molar-refractivity contribution in [2.45, 2.75) is 38.1 Å². The number of amides is 2. The minimum absolute atomic E-state index is 0.130. The van der Waals surface area contributed by atoms with Gasteiger partial charge in [-0.2, -0.15) is 11.3 Å². The number of likely N-dealkylation sites (tertiary alicyclic amines) is 1. The van der Waals surface area contributed by atoms with E-state index in [1.165, 1.54) is 31.2 Å². The number of hydrogen-bond acceptors (Lipinski definition) is 4. The van der Waals surface area contributed by atoms with Crippen molar-refractivity contribution in [3.05, 3.63) is 58.3 Å². The van der Waals surface area contributed by atoms with Crippen molar-refractivity contribution in [1.29, 1.82) is 0 Å². The van der Waals surface area contributed by atoms with Crippen LogP contribution in [0.4, 0.5) is 0 Å². The van der Waals surface area contributed by atoms with E-state index < -0.39 is 11.8 Å². The van der Waals surface area contributed by atoms with Gasteiger partial charge in [0.2, 0.25) is 0 Å². The van der Waals surface area contributed by atoms with Crippen LogP contribution in [0, 0.1) is 0 Å². The van der Waals surface area contributed by atoms with Crippen LogP contribution in [0.2, 0.25) is 0 Å². The fourth-order valence-corrected chi connectivity index (χ4v) is 4.35. The van der Waals surface area contributed by atoms with E-state index in [-0.39, 0.29) is 6.04 Å². The largest absolute Gasteiger partial charge is 0.348 e. The number of carbonyl (C=O) groups is 2. The maximum Gasteiger partial charge on any atom is 0.309 e. The molecule has 1 aromatic heterocycles. The minimum Gasteiger partial charge on any atom is -0.348 e. The van der Waals surface area contributed by atoms with Crippen LogP contribution in [-0.4, -0.2) is 42.9 Å². The lowest BCUT2D eigenvalue weighted by molar-refractivity contribution is -0.139. The molecule has 1 fully saturated rings. The quantitative estimate of drug-likeness (QED) is 0.703. The fraction of sp³-hybridized carbons (Fsp3) is 0.455. The van der Waals surface area contributed by atoms with Crippen LogP contribution in [0.1, 0.15) is 42.9 Å². The molecule has 1 aliphatic rings. The highest BCUT2D eigenvalue weighted by Gasteiger charge is 2.23. The molecule has 1 aliphatic heterocycles. The second-order valence-electron chi connectivity index (χ2n) is 7.22. The van der Waals surface area contributed by atoms with E-state index >= 15 is 0 Å². The second-order valence-corrected chi connectivity index (χ2v) is 8.00. The molecule has 3 rings (SSSR count). The Labute approximate surface area is 171 Å². The van der Waals surface area contributed by atoms with Crippen LogP contribution in [0.15, 0.2) is 47.2 Å². The summed E-state index contributed by atoms with van der Waals surface area (Å²) in [6.45, 7) is 3.00. The van der Waals surface area contributed by atoms with Crippen LogP contribution < -0.4 is 10.6 Å². The predicted molar refractivity (Wildman–Crippen MR) is 113 cm³/mol. The highest BCUT2D eigenvalue weighted by Crippen LogP contribution is 2.25. The minimum atomic E-state index is -0.559. The molecule has 0 bridgehead atoms. The standard InChI is InChI=1S/C22H29N3O2S/c26-21(23-12-10-18-8-4-3-5-9-18)22(27)24-16-20(19-11-15-28-17-19)25-13-6-1-2-7-14-25/h3-5,8-9,11,15,17,20H,1-2,6-7,10,12-14,16H2,(H,23,26)(H,24,27)/t20-/m0/s1. The number of thiophene rings is 1. The van der Waals surface area contributed by atoms with Crippen LogP contribution in [0.5, 0.6) is 0 Å². The van der Waals surface area contributed by atoms with Gasteiger partial charge in [-0.05, 0) is 60.3 Å². The van der Waals surface area contributed by atoms with Gasteiger partial charge < -0.3 is 10.6 Å². The number of nitrogens with one attached hydrogen (secondary N) is 2. The third-order valence-electron chi connectivity index (χ3n) is 5.21. The molecule has 0 aliphatic carbocycles. The van der Waals surface area contributed by atoms with Gasteiger partial charge in [0.25, 0.3) is 0 Å². The lowest BCUT2D eigenvalue weighted by Gasteiger charge is -2.30. The third kappa shape index (κ3) is 6.17. The molecule has 6 heteroatoms. The summed E-state index contributed by atoms with van der Waals surface area (Å²) < 4.78 is 0. The summed E-state index contributed by atoms with van der Waals surface area (Å²) in [5.41, 5.74) is 2.36. The van der Waals surface area contributed by atoms with E-state index in [9.17, 15) is 9.59 Å². The normalized spacial score (nSPS) is 16.1. The average Bonchev–Trinajstić information content (AvgIpc) is 3.11. The average molecular weight is 400 g/mol. The lowest BCUT2D eigenvalue weighted by atomic mass is 10.1. The lowest BCUT2D eigenvalue weighted by Crippen LogP contribution is -2.44. The van der Waals surface area contributed by atoms with E-state index in [2.05, 4.69) is 32.4 Å². The number of hydrogen-bond donors (Lipinski definition) is 2. The van der Waals surface area contributed by atoms with Crippen molar-refractivity contribution in [1.82, 2.24) is 15.5 Å². The van der Waals surface area contributed by atoms with Crippen LogP contribution in [0.3, 0.4) is 0 Å². The summed E-state index contributed by atoms with van der Waals surface area (Å²) in [6.07, 6.45) is 5.63. The molecule has 2 amide bonds. The molecule has 0 saturated carbocycles. The molecule has 28 heavy (non-hydrogen) atoms. The SMILES string of the molecule is O=C(NCCc1ccccc1)C(=O)NC[C@@H](c1ccsc1)N1CCCCCC1. The van der Waals surface area contributed by atoms with Crippen molar-refractivity contribution in [2.24, 2.45) is 0 Å². The molecule has 2 N–H and O–H groups in total. The first-order valence-corrected chi connectivity index (χ1v) is 11.0. The van der Waals surface area contributed by atoms with Crippen molar-refractivity contribution in [3.8, 4) is 0 Å². The van der Waals surface area contributed by atoms with Gasteiger partial charge in [-0.1, -0.05) is 43.2 Å². The van der Waals surface area contributed by atoms with Crippen molar-refractivity contribution < 1.29 is 9.59 Å². The molecule has 1 saturated heterocycles. The van der Waals surface area contributed by atoms with E-state index in [1.807, 2.05) is 30.3 Å². The Morgan fingerprint density at radius 2 is 1.68 bits per heavy atom. The molecule has 0 radical (unpaired) electrons. The highest BCUT2D eigenvalue weighted by molar-refractivity contribution is 7.08.